The highest BCUT2D eigenvalue weighted by molar-refractivity contribution is 5.28. The molecule has 1 atom stereocenters. The second-order valence-electron chi connectivity index (χ2n) is 5.06. The maximum atomic E-state index is 12.5. The number of benzene rings is 1. The fourth-order valence-corrected chi connectivity index (χ4v) is 2.17. The van der Waals surface area contributed by atoms with E-state index in [1.807, 2.05) is 0 Å². The third-order valence-electron chi connectivity index (χ3n) is 3.35. The summed E-state index contributed by atoms with van der Waals surface area (Å²) >= 11 is 0. The van der Waals surface area contributed by atoms with E-state index in [-0.39, 0.29) is 12.6 Å². The van der Waals surface area contributed by atoms with Crippen LogP contribution in [0, 0.1) is 0 Å². The van der Waals surface area contributed by atoms with Crippen molar-refractivity contribution in [3.05, 3.63) is 29.8 Å². The van der Waals surface area contributed by atoms with Crippen LogP contribution in [0.25, 0.3) is 0 Å². The minimum atomic E-state index is -4.23. The number of hydrogen-bond acceptors (Lipinski definition) is 3. The zero-order valence-corrected chi connectivity index (χ0v) is 11.2. The topological polar surface area (TPSA) is 32.7 Å². The molecule has 1 N–H and O–H groups in total. The number of halogens is 3. The Balaban J connectivity index is 1.98. The van der Waals surface area contributed by atoms with Crippen LogP contribution in [0.4, 0.5) is 13.2 Å². The Kier molecular flexibility index (Phi) is 4.55. The largest absolute Gasteiger partial charge is 0.497 e. The van der Waals surface area contributed by atoms with E-state index in [2.05, 4.69) is 0 Å². The highest BCUT2D eigenvalue weighted by Crippen LogP contribution is 2.32. The van der Waals surface area contributed by atoms with Crippen molar-refractivity contribution in [3.8, 4) is 5.75 Å². The molecule has 1 aromatic carbocycles. The number of rotatable bonds is 6. The molecule has 0 saturated heterocycles. The Morgan fingerprint density at radius 2 is 1.90 bits per heavy atom. The molecule has 0 amide bonds. The molecule has 6 heteroatoms. The van der Waals surface area contributed by atoms with E-state index >= 15 is 0 Å². The van der Waals surface area contributed by atoms with Gasteiger partial charge in [-0.15, -0.1) is 0 Å². The van der Waals surface area contributed by atoms with Crippen molar-refractivity contribution >= 4 is 0 Å². The summed E-state index contributed by atoms with van der Waals surface area (Å²) in [5.41, 5.74) is 0.596. The summed E-state index contributed by atoms with van der Waals surface area (Å²) < 4.78 is 42.5. The van der Waals surface area contributed by atoms with E-state index in [9.17, 15) is 18.3 Å². The van der Waals surface area contributed by atoms with Crippen LogP contribution in [0.1, 0.15) is 24.5 Å². The predicted molar refractivity (Wildman–Crippen MR) is 68.6 cm³/mol. The van der Waals surface area contributed by atoms with Crippen LogP contribution >= 0.6 is 0 Å². The lowest BCUT2D eigenvalue weighted by Crippen LogP contribution is -2.38. The van der Waals surface area contributed by atoms with Crippen LogP contribution in [-0.4, -0.2) is 42.4 Å². The van der Waals surface area contributed by atoms with Gasteiger partial charge in [0.15, 0.2) is 0 Å². The van der Waals surface area contributed by atoms with Crippen molar-refractivity contribution in [1.29, 1.82) is 0 Å². The van der Waals surface area contributed by atoms with Gasteiger partial charge in [-0.1, -0.05) is 12.1 Å². The SMILES string of the molecule is COc1ccc(C(O)CN(CC(F)(F)F)C2CC2)cc1. The molecule has 1 unspecified atom stereocenters. The van der Waals surface area contributed by atoms with Crippen molar-refractivity contribution in [1.82, 2.24) is 4.90 Å². The Hall–Kier alpha value is -1.27. The third-order valence-corrected chi connectivity index (χ3v) is 3.35. The van der Waals surface area contributed by atoms with Crippen molar-refractivity contribution in [2.45, 2.75) is 31.2 Å². The van der Waals surface area contributed by atoms with E-state index in [0.717, 1.165) is 12.8 Å². The summed E-state index contributed by atoms with van der Waals surface area (Å²) in [5.74, 6) is 0.648. The van der Waals surface area contributed by atoms with Crippen LogP contribution in [0.5, 0.6) is 5.75 Å². The van der Waals surface area contributed by atoms with Gasteiger partial charge in [0.25, 0.3) is 0 Å². The Morgan fingerprint density at radius 3 is 2.35 bits per heavy atom. The van der Waals surface area contributed by atoms with Gasteiger partial charge < -0.3 is 9.84 Å². The van der Waals surface area contributed by atoms with Crippen LogP contribution in [0.15, 0.2) is 24.3 Å². The van der Waals surface area contributed by atoms with Crippen molar-refractivity contribution in [3.63, 3.8) is 0 Å². The molecule has 0 aliphatic heterocycles. The van der Waals surface area contributed by atoms with Crippen molar-refractivity contribution < 1.29 is 23.0 Å². The van der Waals surface area contributed by atoms with Gasteiger partial charge in [0, 0.05) is 12.6 Å². The summed E-state index contributed by atoms with van der Waals surface area (Å²) in [6, 6.07) is 6.65. The molecule has 1 aliphatic carbocycles. The third kappa shape index (κ3) is 4.38. The molecule has 0 radical (unpaired) electrons. The lowest BCUT2D eigenvalue weighted by atomic mass is 10.1. The van der Waals surface area contributed by atoms with Crippen molar-refractivity contribution in [2.75, 3.05) is 20.2 Å². The molecule has 1 saturated carbocycles. The molecule has 2 rings (SSSR count). The maximum absolute atomic E-state index is 12.5. The molecule has 1 aliphatic rings. The average Bonchev–Trinajstić information content (AvgIpc) is 3.20. The van der Waals surface area contributed by atoms with Gasteiger partial charge in [-0.3, -0.25) is 4.90 Å². The van der Waals surface area contributed by atoms with E-state index in [1.165, 1.54) is 12.0 Å². The van der Waals surface area contributed by atoms with E-state index in [4.69, 9.17) is 4.74 Å². The quantitative estimate of drug-likeness (QED) is 0.874. The van der Waals surface area contributed by atoms with Crippen LogP contribution in [-0.2, 0) is 0 Å². The molecule has 0 aromatic heterocycles. The monoisotopic (exact) mass is 289 g/mol. The molecule has 0 spiro atoms. The molecule has 112 valence electrons. The first-order valence-corrected chi connectivity index (χ1v) is 6.52. The van der Waals surface area contributed by atoms with Gasteiger partial charge in [0.1, 0.15) is 5.75 Å². The summed E-state index contributed by atoms with van der Waals surface area (Å²) in [7, 11) is 1.53. The van der Waals surface area contributed by atoms with Gasteiger partial charge in [-0.2, -0.15) is 13.2 Å². The second kappa shape index (κ2) is 6.01. The van der Waals surface area contributed by atoms with E-state index in [0.29, 0.717) is 11.3 Å². The Morgan fingerprint density at radius 1 is 1.30 bits per heavy atom. The Bertz CT molecular complexity index is 429. The van der Waals surface area contributed by atoms with Gasteiger partial charge in [-0.25, -0.2) is 0 Å². The van der Waals surface area contributed by atoms with Gasteiger partial charge >= 0.3 is 6.18 Å². The van der Waals surface area contributed by atoms with Gasteiger partial charge in [0.05, 0.1) is 19.8 Å². The molecule has 20 heavy (non-hydrogen) atoms. The van der Waals surface area contributed by atoms with Crippen molar-refractivity contribution in [2.24, 2.45) is 0 Å². The molecule has 1 fully saturated rings. The first-order chi connectivity index (χ1) is 9.39. The molecule has 0 bridgehead atoms. The normalized spacial score (nSPS) is 17.3. The highest BCUT2D eigenvalue weighted by atomic mass is 19.4. The number of nitrogens with zero attached hydrogens (tertiary/aromatic N) is 1. The Labute approximate surface area is 116 Å². The number of methoxy groups -OCH3 is 1. The number of hydrogen-bond donors (Lipinski definition) is 1. The van der Waals surface area contributed by atoms with E-state index in [1.54, 1.807) is 24.3 Å². The number of alkyl halides is 3. The fraction of sp³-hybridized carbons (Fsp3) is 0.571. The first-order valence-electron chi connectivity index (χ1n) is 6.52. The molecule has 1 aromatic rings. The smallest absolute Gasteiger partial charge is 0.401 e. The molecule has 3 nitrogen and oxygen atoms in total. The molecular weight excluding hydrogens is 271 g/mol. The minimum absolute atomic E-state index is 0.00347. The average molecular weight is 289 g/mol. The number of aliphatic hydroxyl groups is 1. The summed E-state index contributed by atoms with van der Waals surface area (Å²) in [6.07, 6.45) is -3.62. The second-order valence-corrected chi connectivity index (χ2v) is 5.06. The first kappa shape index (κ1) is 15.1. The summed E-state index contributed by atoms with van der Waals surface area (Å²) in [5, 5.41) is 10.1. The standard InChI is InChI=1S/C14H18F3NO2/c1-20-12-6-2-10(3-7-12)13(19)8-18(11-4-5-11)9-14(15,16)17/h2-3,6-7,11,13,19H,4-5,8-9H2,1H3. The minimum Gasteiger partial charge on any atom is -0.497 e. The summed E-state index contributed by atoms with van der Waals surface area (Å²) in [6.45, 7) is -0.971. The number of aliphatic hydroxyl groups excluding tert-OH is 1. The maximum Gasteiger partial charge on any atom is 0.401 e. The highest BCUT2D eigenvalue weighted by Gasteiger charge is 2.38. The van der Waals surface area contributed by atoms with Gasteiger partial charge in [-0.05, 0) is 30.5 Å². The zero-order chi connectivity index (χ0) is 14.8. The molecular formula is C14H18F3NO2. The van der Waals surface area contributed by atoms with Crippen LogP contribution in [0.2, 0.25) is 0 Å². The number of ether oxygens (including phenoxy) is 1. The fourth-order valence-electron chi connectivity index (χ4n) is 2.17. The predicted octanol–water partition coefficient (Wildman–Crippen LogP) is 2.76. The van der Waals surface area contributed by atoms with Crippen LogP contribution < -0.4 is 4.74 Å². The summed E-state index contributed by atoms with van der Waals surface area (Å²) in [4.78, 5) is 1.31. The lowest BCUT2D eigenvalue weighted by Gasteiger charge is -2.26. The molecule has 0 heterocycles. The van der Waals surface area contributed by atoms with Crippen LogP contribution in [0.3, 0.4) is 0 Å². The zero-order valence-electron chi connectivity index (χ0n) is 11.2. The lowest BCUT2D eigenvalue weighted by molar-refractivity contribution is -0.149. The van der Waals surface area contributed by atoms with Gasteiger partial charge in [0.2, 0.25) is 0 Å². The van der Waals surface area contributed by atoms with E-state index < -0.39 is 18.8 Å².